The first-order chi connectivity index (χ1) is 7.79. The Bertz CT molecular complexity index is 355. The van der Waals surface area contributed by atoms with Gasteiger partial charge in [0.2, 0.25) is 0 Å². The standard InChI is InChI=1S/C10H14N4O2/c1-16-8-7-14(6-2-4-11)10(15)9-3-5-12-13-9/h3,5H,2,6-8H2,1H3,(H,12,13). The molecular formula is C10H14N4O2. The Morgan fingerprint density at radius 3 is 3.06 bits per heavy atom. The molecule has 0 aliphatic carbocycles. The van der Waals surface area contributed by atoms with Crippen molar-refractivity contribution >= 4 is 5.91 Å². The third kappa shape index (κ3) is 3.37. The van der Waals surface area contributed by atoms with Crippen LogP contribution in [0.3, 0.4) is 0 Å². The molecule has 0 bridgehead atoms. The summed E-state index contributed by atoms with van der Waals surface area (Å²) in [7, 11) is 1.57. The molecule has 0 unspecified atom stereocenters. The van der Waals surface area contributed by atoms with E-state index in [1.54, 1.807) is 18.1 Å². The molecule has 1 amide bonds. The molecule has 0 aromatic carbocycles. The first-order valence-electron chi connectivity index (χ1n) is 4.94. The molecule has 86 valence electrons. The Labute approximate surface area is 93.8 Å². The second-order valence-electron chi connectivity index (χ2n) is 3.16. The lowest BCUT2D eigenvalue weighted by Crippen LogP contribution is -2.34. The van der Waals surface area contributed by atoms with Gasteiger partial charge in [0.1, 0.15) is 5.69 Å². The lowest BCUT2D eigenvalue weighted by Gasteiger charge is -2.20. The van der Waals surface area contributed by atoms with Gasteiger partial charge in [0.25, 0.3) is 5.91 Å². The van der Waals surface area contributed by atoms with Gasteiger partial charge in [0.05, 0.1) is 19.1 Å². The minimum absolute atomic E-state index is 0.162. The minimum atomic E-state index is -0.162. The average molecular weight is 222 g/mol. The smallest absolute Gasteiger partial charge is 0.271 e. The van der Waals surface area contributed by atoms with Crippen LogP contribution in [0.2, 0.25) is 0 Å². The molecule has 0 aliphatic rings. The predicted octanol–water partition coefficient (Wildman–Crippen LogP) is 0.412. The Morgan fingerprint density at radius 2 is 2.50 bits per heavy atom. The third-order valence-electron chi connectivity index (χ3n) is 2.08. The molecule has 1 heterocycles. The van der Waals surface area contributed by atoms with Crippen molar-refractivity contribution in [3.8, 4) is 6.07 Å². The highest BCUT2D eigenvalue weighted by atomic mass is 16.5. The van der Waals surface area contributed by atoms with Crippen molar-refractivity contribution in [2.45, 2.75) is 6.42 Å². The molecule has 1 aromatic heterocycles. The summed E-state index contributed by atoms with van der Waals surface area (Å²) in [5.74, 6) is -0.162. The number of methoxy groups -OCH3 is 1. The van der Waals surface area contributed by atoms with E-state index in [1.165, 1.54) is 6.20 Å². The topological polar surface area (TPSA) is 82.0 Å². The molecular weight excluding hydrogens is 208 g/mol. The monoisotopic (exact) mass is 222 g/mol. The lowest BCUT2D eigenvalue weighted by molar-refractivity contribution is 0.0694. The van der Waals surface area contributed by atoms with Gasteiger partial charge in [-0.05, 0) is 6.07 Å². The molecule has 0 saturated heterocycles. The van der Waals surface area contributed by atoms with Crippen molar-refractivity contribution in [3.05, 3.63) is 18.0 Å². The van der Waals surface area contributed by atoms with Gasteiger partial charge in [-0.2, -0.15) is 10.4 Å². The number of nitrogens with one attached hydrogen (secondary N) is 1. The Balaban J connectivity index is 2.60. The van der Waals surface area contributed by atoms with Crippen LogP contribution in [-0.2, 0) is 4.74 Å². The van der Waals surface area contributed by atoms with Gasteiger partial charge in [-0.15, -0.1) is 0 Å². The number of aromatic nitrogens is 2. The summed E-state index contributed by atoms with van der Waals surface area (Å²) in [6, 6.07) is 3.62. The zero-order valence-electron chi connectivity index (χ0n) is 9.14. The predicted molar refractivity (Wildman–Crippen MR) is 56.6 cm³/mol. The second kappa shape index (κ2) is 6.58. The summed E-state index contributed by atoms with van der Waals surface area (Å²) in [5.41, 5.74) is 0.425. The zero-order chi connectivity index (χ0) is 11.8. The molecule has 0 spiro atoms. The quantitative estimate of drug-likeness (QED) is 0.755. The maximum absolute atomic E-state index is 11.9. The number of amides is 1. The molecule has 6 heteroatoms. The van der Waals surface area contributed by atoms with E-state index in [1.807, 2.05) is 6.07 Å². The molecule has 16 heavy (non-hydrogen) atoms. The number of carbonyl (C=O) groups is 1. The maximum Gasteiger partial charge on any atom is 0.271 e. The van der Waals surface area contributed by atoms with E-state index in [9.17, 15) is 4.79 Å². The van der Waals surface area contributed by atoms with Gasteiger partial charge < -0.3 is 9.64 Å². The summed E-state index contributed by atoms with van der Waals surface area (Å²) < 4.78 is 4.92. The lowest BCUT2D eigenvalue weighted by atomic mass is 10.3. The number of nitriles is 1. The number of hydrogen-bond acceptors (Lipinski definition) is 4. The fourth-order valence-corrected chi connectivity index (χ4v) is 1.25. The summed E-state index contributed by atoms with van der Waals surface area (Å²) in [5, 5.41) is 14.8. The van der Waals surface area contributed by atoms with Crippen molar-refractivity contribution in [3.63, 3.8) is 0 Å². The number of rotatable bonds is 6. The SMILES string of the molecule is COCCN(CCC#N)C(=O)c1ccn[nH]1. The van der Waals surface area contributed by atoms with E-state index < -0.39 is 0 Å². The van der Waals surface area contributed by atoms with Gasteiger partial charge in [-0.25, -0.2) is 0 Å². The van der Waals surface area contributed by atoms with E-state index >= 15 is 0 Å². The summed E-state index contributed by atoms with van der Waals surface area (Å²) in [4.78, 5) is 13.5. The van der Waals surface area contributed by atoms with Crippen LogP contribution in [0.25, 0.3) is 0 Å². The average Bonchev–Trinajstić information content (AvgIpc) is 2.82. The fraction of sp³-hybridized carbons (Fsp3) is 0.500. The number of H-pyrrole nitrogens is 1. The highest BCUT2D eigenvalue weighted by Crippen LogP contribution is 2.01. The number of ether oxygens (including phenoxy) is 1. The van der Waals surface area contributed by atoms with Crippen LogP contribution in [0, 0.1) is 11.3 Å². The van der Waals surface area contributed by atoms with E-state index in [2.05, 4.69) is 10.2 Å². The van der Waals surface area contributed by atoms with E-state index in [0.29, 0.717) is 31.8 Å². The second-order valence-corrected chi connectivity index (χ2v) is 3.16. The Kier molecular flexibility index (Phi) is 5.02. The van der Waals surface area contributed by atoms with Crippen molar-refractivity contribution in [1.29, 1.82) is 5.26 Å². The van der Waals surface area contributed by atoms with Crippen LogP contribution in [-0.4, -0.2) is 47.8 Å². The molecule has 0 aliphatic heterocycles. The summed E-state index contributed by atoms with van der Waals surface area (Å²) >= 11 is 0. The van der Waals surface area contributed by atoms with E-state index in [-0.39, 0.29) is 5.91 Å². The molecule has 0 fully saturated rings. The molecule has 1 aromatic rings. The normalized spacial score (nSPS) is 9.75. The van der Waals surface area contributed by atoms with Crippen LogP contribution in [0.4, 0.5) is 0 Å². The molecule has 0 atom stereocenters. The highest BCUT2D eigenvalue weighted by Gasteiger charge is 2.15. The minimum Gasteiger partial charge on any atom is -0.383 e. The fourth-order valence-electron chi connectivity index (χ4n) is 1.25. The number of nitrogens with zero attached hydrogens (tertiary/aromatic N) is 3. The zero-order valence-corrected chi connectivity index (χ0v) is 9.14. The van der Waals surface area contributed by atoms with Crippen LogP contribution >= 0.6 is 0 Å². The first-order valence-corrected chi connectivity index (χ1v) is 4.94. The molecule has 1 N–H and O–H groups in total. The van der Waals surface area contributed by atoms with Crippen molar-refractivity contribution < 1.29 is 9.53 Å². The van der Waals surface area contributed by atoms with Crippen LogP contribution in [0.5, 0.6) is 0 Å². The van der Waals surface area contributed by atoms with Crippen LogP contribution in [0.15, 0.2) is 12.3 Å². The Morgan fingerprint density at radius 1 is 1.69 bits per heavy atom. The van der Waals surface area contributed by atoms with Crippen LogP contribution in [0.1, 0.15) is 16.9 Å². The van der Waals surface area contributed by atoms with Gasteiger partial charge in [0, 0.05) is 26.4 Å². The van der Waals surface area contributed by atoms with Gasteiger partial charge >= 0.3 is 0 Å². The van der Waals surface area contributed by atoms with E-state index in [4.69, 9.17) is 10.00 Å². The Hall–Kier alpha value is -1.87. The number of carbonyl (C=O) groups excluding carboxylic acids is 1. The number of hydrogen-bond donors (Lipinski definition) is 1. The van der Waals surface area contributed by atoms with Crippen molar-refractivity contribution in [2.75, 3.05) is 26.8 Å². The molecule has 0 radical (unpaired) electrons. The van der Waals surface area contributed by atoms with Gasteiger partial charge in [-0.1, -0.05) is 0 Å². The molecule has 1 rings (SSSR count). The third-order valence-corrected chi connectivity index (χ3v) is 2.08. The highest BCUT2D eigenvalue weighted by molar-refractivity contribution is 5.92. The number of aromatic amines is 1. The maximum atomic E-state index is 11.9. The molecule has 6 nitrogen and oxygen atoms in total. The largest absolute Gasteiger partial charge is 0.383 e. The van der Waals surface area contributed by atoms with Gasteiger partial charge in [0.15, 0.2) is 0 Å². The van der Waals surface area contributed by atoms with Crippen molar-refractivity contribution in [2.24, 2.45) is 0 Å². The summed E-state index contributed by atoms with van der Waals surface area (Å²) in [6.45, 7) is 1.32. The molecule has 0 saturated carbocycles. The van der Waals surface area contributed by atoms with E-state index in [0.717, 1.165) is 0 Å². The van der Waals surface area contributed by atoms with Crippen molar-refractivity contribution in [1.82, 2.24) is 15.1 Å². The van der Waals surface area contributed by atoms with Crippen LogP contribution < -0.4 is 0 Å². The summed E-state index contributed by atoms with van der Waals surface area (Å²) in [6.07, 6.45) is 1.83. The first kappa shape index (κ1) is 12.2. The van der Waals surface area contributed by atoms with Gasteiger partial charge in [-0.3, -0.25) is 9.89 Å².